The van der Waals surface area contributed by atoms with Crippen molar-refractivity contribution in [3.63, 3.8) is 0 Å². The summed E-state index contributed by atoms with van der Waals surface area (Å²) in [6.45, 7) is 4.77. The molecule has 4 nitrogen and oxygen atoms in total. The Morgan fingerprint density at radius 3 is 2.80 bits per heavy atom. The maximum atomic E-state index is 8.34. The molecule has 0 aromatic carbocycles. The summed E-state index contributed by atoms with van der Waals surface area (Å²) in [4.78, 5) is 1.76. The van der Waals surface area contributed by atoms with Gasteiger partial charge in [0.05, 0.1) is 18.1 Å². The highest BCUT2D eigenvalue weighted by Gasteiger charge is 2.17. The topological polar surface area (TPSA) is 59.7 Å². The SMILES string of the molecule is [CH2]C(=N)N1CCC(=NO)C1. The second-order valence-electron chi connectivity index (χ2n) is 2.28. The van der Waals surface area contributed by atoms with E-state index in [4.69, 9.17) is 10.6 Å². The Hall–Kier alpha value is -1.06. The molecular formula is C6H10N3O. The van der Waals surface area contributed by atoms with E-state index in [2.05, 4.69) is 12.1 Å². The second-order valence-corrected chi connectivity index (χ2v) is 2.28. The molecule has 1 aliphatic rings. The van der Waals surface area contributed by atoms with Gasteiger partial charge in [-0.25, -0.2) is 0 Å². The maximum Gasteiger partial charge on any atom is 0.0965 e. The van der Waals surface area contributed by atoms with Crippen molar-refractivity contribution in [3.8, 4) is 0 Å². The van der Waals surface area contributed by atoms with Crippen LogP contribution >= 0.6 is 0 Å². The van der Waals surface area contributed by atoms with Crippen molar-refractivity contribution in [1.29, 1.82) is 5.41 Å². The Morgan fingerprint density at radius 2 is 2.50 bits per heavy atom. The number of rotatable bonds is 0. The second kappa shape index (κ2) is 2.68. The van der Waals surface area contributed by atoms with Crippen LogP contribution in [0.2, 0.25) is 0 Å². The molecule has 1 heterocycles. The van der Waals surface area contributed by atoms with E-state index in [-0.39, 0.29) is 0 Å². The van der Waals surface area contributed by atoms with Gasteiger partial charge in [-0.2, -0.15) is 0 Å². The van der Waals surface area contributed by atoms with Crippen LogP contribution in [0.1, 0.15) is 6.42 Å². The molecule has 10 heavy (non-hydrogen) atoms. The fraction of sp³-hybridized carbons (Fsp3) is 0.500. The van der Waals surface area contributed by atoms with Gasteiger partial charge in [0.25, 0.3) is 0 Å². The maximum absolute atomic E-state index is 8.34. The summed E-state index contributed by atoms with van der Waals surface area (Å²) in [6.07, 6.45) is 0.744. The van der Waals surface area contributed by atoms with Gasteiger partial charge in [0.1, 0.15) is 0 Å². The third-order valence-electron chi connectivity index (χ3n) is 1.57. The van der Waals surface area contributed by atoms with Crippen LogP contribution in [0.5, 0.6) is 0 Å². The van der Waals surface area contributed by atoms with Crippen LogP contribution in [-0.2, 0) is 0 Å². The minimum atomic E-state index is 0.290. The van der Waals surface area contributed by atoms with E-state index < -0.39 is 0 Å². The first-order valence-electron chi connectivity index (χ1n) is 3.09. The lowest BCUT2D eigenvalue weighted by Crippen LogP contribution is -2.25. The first-order chi connectivity index (χ1) is 4.74. The Morgan fingerprint density at radius 1 is 1.80 bits per heavy atom. The highest BCUT2D eigenvalue weighted by atomic mass is 16.4. The third-order valence-corrected chi connectivity index (χ3v) is 1.57. The minimum Gasteiger partial charge on any atom is -0.411 e. The molecule has 0 aromatic heterocycles. The first-order valence-corrected chi connectivity index (χ1v) is 3.09. The molecule has 55 valence electrons. The van der Waals surface area contributed by atoms with Gasteiger partial charge >= 0.3 is 0 Å². The van der Waals surface area contributed by atoms with Crippen LogP contribution in [0.4, 0.5) is 0 Å². The normalized spacial score (nSPS) is 22.1. The number of amidine groups is 1. The van der Waals surface area contributed by atoms with Crippen LogP contribution in [-0.4, -0.2) is 34.7 Å². The fourth-order valence-electron chi connectivity index (χ4n) is 0.954. The average Bonchev–Trinajstić information content (AvgIpc) is 2.34. The zero-order valence-corrected chi connectivity index (χ0v) is 5.67. The molecule has 0 bridgehead atoms. The summed E-state index contributed by atoms with van der Waals surface area (Å²) in [5.74, 6) is 0.290. The van der Waals surface area contributed by atoms with Crippen molar-refractivity contribution in [2.75, 3.05) is 13.1 Å². The van der Waals surface area contributed by atoms with E-state index in [9.17, 15) is 0 Å². The van der Waals surface area contributed by atoms with E-state index in [0.29, 0.717) is 12.4 Å². The standard InChI is InChI=1S/C6H10N3O/c1-5(7)9-3-2-6(4-9)8-10/h7,10H,1-4H2. The highest BCUT2D eigenvalue weighted by Crippen LogP contribution is 2.04. The van der Waals surface area contributed by atoms with E-state index in [0.717, 1.165) is 18.7 Å². The van der Waals surface area contributed by atoms with Gasteiger partial charge in [0.2, 0.25) is 0 Å². The van der Waals surface area contributed by atoms with Gasteiger partial charge in [-0.05, 0) is 0 Å². The Bertz CT molecular complexity index is 176. The molecule has 0 spiro atoms. The summed E-state index contributed by atoms with van der Waals surface area (Å²) in [6, 6.07) is 0. The van der Waals surface area contributed by atoms with E-state index in [1.54, 1.807) is 4.90 Å². The van der Waals surface area contributed by atoms with Crippen LogP contribution in [0.3, 0.4) is 0 Å². The molecule has 0 unspecified atom stereocenters. The molecule has 0 aliphatic carbocycles. The molecule has 1 saturated heterocycles. The number of nitrogens with zero attached hydrogens (tertiary/aromatic N) is 2. The van der Waals surface area contributed by atoms with Crippen molar-refractivity contribution < 1.29 is 5.21 Å². The zero-order valence-electron chi connectivity index (χ0n) is 5.67. The van der Waals surface area contributed by atoms with Crippen LogP contribution in [0, 0.1) is 12.3 Å². The molecule has 1 aliphatic heterocycles. The van der Waals surface area contributed by atoms with Crippen molar-refractivity contribution >= 4 is 11.5 Å². The van der Waals surface area contributed by atoms with Crippen molar-refractivity contribution in [2.45, 2.75) is 6.42 Å². The monoisotopic (exact) mass is 140 g/mol. The fourth-order valence-corrected chi connectivity index (χ4v) is 0.954. The molecule has 4 heteroatoms. The number of nitrogens with one attached hydrogen (secondary N) is 1. The lowest BCUT2D eigenvalue weighted by atomic mass is 10.3. The predicted molar refractivity (Wildman–Crippen MR) is 38.5 cm³/mol. The van der Waals surface area contributed by atoms with Crippen molar-refractivity contribution in [2.24, 2.45) is 5.16 Å². The largest absolute Gasteiger partial charge is 0.411 e. The molecule has 1 fully saturated rings. The minimum absolute atomic E-state index is 0.290. The third kappa shape index (κ3) is 1.26. The quantitative estimate of drug-likeness (QED) is 0.220. The summed E-state index contributed by atoms with van der Waals surface area (Å²) in [5.41, 5.74) is 0.730. The van der Waals surface area contributed by atoms with E-state index >= 15 is 0 Å². The summed E-state index contributed by atoms with van der Waals surface area (Å²) < 4.78 is 0. The molecule has 1 rings (SSSR count). The van der Waals surface area contributed by atoms with Crippen molar-refractivity contribution in [1.82, 2.24) is 4.90 Å². The molecule has 0 amide bonds. The van der Waals surface area contributed by atoms with E-state index in [1.807, 2.05) is 0 Å². The van der Waals surface area contributed by atoms with Crippen LogP contribution < -0.4 is 0 Å². The lowest BCUT2D eigenvalue weighted by Gasteiger charge is -2.12. The van der Waals surface area contributed by atoms with Gasteiger partial charge in [0, 0.05) is 19.9 Å². The number of hydrogen-bond donors (Lipinski definition) is 2. The first kappa shape index (κ1) is 7.05. The molecule has 0 aromatic rings. The van der Waals surface area contributed by atoms with Gasteiger partial charge < -0.3 is 10.1 Å². The summed E-state index contributed by atoms with van der Waals surface area (Å²) >= 11 is 0. The van der Waals surface area contributed by atoms with Gasteiger partial charge in [-0.1, -0.05) is 5.16 Å². The smallest absolute Gasteiger partial charge is 0.0965 e. The molecule has 1 radical (unpaired) electrons. The molecule has 2 N–H and O–H groups in total. The molecular weight excluding hydrogens is 130 g/mol. The Balaban J connectivity index is 2.51. The number of oxime groups is 1. The molecule has 0 saturated carbocycles. The highest BCUT2D eigenvalue weighted by molar-refractivity contribution is 5.94. The lowest BCUT2D eigenvalue weighted by molar-refractivity contribution is 0.317. The van der Waals surface area contributed by atoms with E-state index in [1.165, 1.54) is 0 Å². The van der Waals surface area contributed by atoms with Crippen LogP contribution in [0.15, 0.2) is 5.16 Å². The van der Waals surface area contributed by atoms with Crippen LogP contribution in [0.25, 0.3) is 0 Å². The predicted octanol–water partition coefficient (Wildman–Crippen LogP) is 0.334. The van der Waals surface area contributed by atoms with Gasteiger partial charge in [-0.15, -0.1) is 0 Å². The average molecular weight is 140 g/mol. The summed E-state index contributed by atoms with van der Waals surface area (Å²) in [7, 11) is 0. The Labute approximate surface area is 59.6 Å². The summed E-state index contributed by atoms with van der Waals surface area (Å²) in [5, 5.41) is 18.5. The zero-order chi connectivity index (χ0) is 7.56. The van der Waals surface area contributed by atoms with Crippen molar-refractivity contribution in [3.05, 3.63) is 6.92 Å². The van der Waals surface area contributed by atoms with Gasteiger partial charge in [-0.3, -0.25) is 5.41 Å². The Kier molecular flexibility index (Phi) is 1.89. The number of likely N-dealkylation sites (tertiary alicyclic amines) is 1. The van der Waals surface area contributed by atoms with Gasteiger partial charge in [0.15, 0.2) is 0 Å². The molecule has 0 atom stereocenters. The number of hydrogen-bond acceptors (Lipinski definition) is 3.